The van der Waals surface area contributed by atoms with Crippen molar-refractivity contribution in [1.29, 1.82) is 0 Å². The lowest BCUT2D eigenvalue weighted by Crippen LogP contribution is -2.26. The summed E-state index contributed by atoms with van der Waals surface area (Å²) >= 11 is 0. The number of rotatable bonds is 3. The summed E-state index contributed by atoms with van der Waals surface area (Å²) in [6.07, 6.45) is 2.67. The van der Waals surface area contributed by atoms with E-state index in [1.54, 1.807) is 6.08 Å². The van der Waals surface area contributed by atoms with E-state index >= 15 is 0 Å². The van der Waals surface area contributed by atoms with Crippen molar-refractivity contribution in [2.24, 2.45) is 17.3 Å². The maximum Gasteiger partial charge on any atom is 0.327 e. The van der Waals surface area contributed by atoms with Gasteiger partial charge in [-0.15, -0.1) is 0 Å². The number of hydrogen-bond acceptors (Lipinski definition) is 3. The lowest BCUT2D eigenvalue weighted by molar-refractivity contribution is -0.157. The van der Waals surface area contributed by atoms with Crippen LogP contribution in [0.15, 0.2) is 12.2 Å². The van der Waals surface area contributed by atoms with Gasteiger partial charge in [0.25, 0.3) is 0 Å². The van der Waals surface area contributed by atoms with E-state index in [4.69, 9.17) is 9.84 Å². The van der Waals surface area contributed by atoms with Crippen LogP contribution in [0.5, 0.6) is 0 Å². The van der Waals surface area contributed by atoms with E-state index in [9.17, 15) is 9.59 Å². The van der Waals surface area contributed by atoms with E-state index in [2.05, 4.69) is 0 Å². The zero-order valence-corrected chi connectivity index (χ0v) is 11.0. The zero-order valence-electron chi connectivity index (χ0n) is 11.0. The van der Waals surface area contributed by atoms with Crippen LogP contribution in [0, 0.1) is 17.3 Å². The van der Waals surface area contributed by atoms with Crippen LogP contribution in [0.4, 0.5) is 0 Å². The molecule has 0 spiro atoms. The van der Waals surface area contributed by atoms with Gasteiger partial charge in [-0.3, -0.25) is 4.79 Å². The highest BCUT2D eigenvalue weighted by Gasteiger charge is 2.61. The van der Waals surface area contributed by atoms with E-state index in [0.717, 1.165) is 6.08 Å². The molecule has 0 heterocycles. The number of carbonyl (C=O) groups is 2. The SMILES string of the molecule is CC(C)(C)OC(=O)[C@H]1[C@@H](C=CC(=O)O)C1(C)C. The molecule has 1 N–H and O–H groups in total. The van der Waals surface area contributed by atoms with Crippen molar-refractivity contribution < 1.29 is 19.4 Å². The number of aliphatic carboxylic acids is 1. The Hall–Kier alpha value is -1.32. The van der Waals surface area contributed by atoms with E-state index in [0.29, 0.717) is 0 Å². The van der Waals surface area contributed by atoms with E-state index in [1.165, 1.54) is 0 Å². The normalized spacial score (nSPS) is 26.9. The van der Waals surface area contributed by atoms with Crippen LogP contribution in [0.3, 0.4) is 0 Å². The van der Waals surface area contributed by atoms with Gasteiger partial charge in [-0.05, 0) is 32.1 Å². The average Bonchev–Trinajstić information content (AvgIpc) is 2.61. The molecule has 1 rings (SSSR count). The first-order valence-corrected chi connectivity index (χ1v) is 5.69. The standard InChI is InChI=1S/C13H20O4/c1-12(2,3)17-11(16)10-8(13(10,4)5)6-7-9(14)15/h6-8,10H,1-5H3,(H,14,15)/t8-,10-/m1/s1. The van der Waals surface area contributed by atoms with Crippen LogP contribution in [-0.2, 0) is 14.3 Å². The van der Waals surface area contributed by atoms with Gasteiger partial charge >= 0.3 is 11.9 Å². The van der Waals surface area contributed by atoms with Crippen LogP contribution >= 0.6 is 0 Å². The molecule has 17 heavy (non-hydrogen) atoms. The highest BCUT2D eigenvalue weighted by atomic mass is 16.6. The summed E-state index contributed by atoms with van der Waals surface area (Å²) in [5, 5.41) is 8.57. The fourth-order valence-electron chi connectivity index (χ4n) is 2.04. The Morgan fingerprint density at radius 2 is 1.82 bits per heavy atom. The highest BCUT2D eigenvalue weighted by Crippen LogP contribution is 2.59. The average molecular weight is 240 g/mol. The number of carboxylic acids is 1. The minimum absolute atomic E-state index is 0.0477. The highest BCUT2D eigenvalue weighted by molar-refractivity contribution is 5.82. The summed E-state index contributed by atoms with van der Waals surface area (Å²) in [6, 6.07) is 0. The minimum Gasteiger partial charge on any atom is -0.478 e. The largest absolute Gasteiger partial charge is 0.478 e. The Morgan fingerprint density at radius 1 is 1.29 bits per heavy atom. The van der Waals surface area contributed by atoms with Gasteiger partial charge in [-0.25, -0.2) is 4.79 Å². The molecule has 96 valence electrons. The van der Waals surface area contributed by atoms with Crippen LogP contribution < -0.4 is 0 Å². The van der Waals surface area contributed by atoms with E-state index in [-0.39, 0.29) is 23.2 Å². The van der Waals surface area contributed by atoms with Gasteiger partial charge < -0.3 is 9.84 Å². The Bertz CT molecular complexity index is 360. The van der Waals surface area contributed by atoms with Gasteiger partial charge in [-0.2, -0.15) is 0 Å². The Balaban J connectivity index is 2.68. The summed E-state index contributed by atoms with van der Waals surface area (Å²) in [5.41, 5.74) is -0.717. The molecule has 1 aliphatic carbocycles. The van der Waals surface area contributed by atoms with Crippen molar-refractivity contribution in [3.63, 3.8) is 0 Å². The smallest absolute Gasteiger partial charge is 0.327 e. The van der Waals surface area contributed by atoms with E-state index < -0.39 is 11.6 Å². The predicted octanol–water partition coefficient (Wildman–Crippen LogP) is 2.24. The maximum absolute atomic E-state index is 11.9. The number of carboxylic acid groups (broad SMARTS) is 1. The second-order valence-electron chi connectivity index (χ2n) is 6.06. The molecule has 0 aromatic heterocycles. The second-order valence-corrected chi connectivity index (χ2v) is 6.06. The van der Waals surface area contributed by atoms with Crippen molar-refractivity contribution in [1.82, 2.24) is 0 Å². The van der Waals surface area contributed by atoms with Crippen molar-refractivity contribution in [3.8, 4) is 0 Å². The summed E-state index contributed by atoms with van der Waals surface area (Å²) in [4.78, 5) is 22.3. The zero-order chi connectivity index (χ0) is 13.4. The molecule has 0 saturated heterocycles. The molecule has 0 bridgehead atoms. The van der Waals surface area contributed by atoms with Crippen molar-refractivity contribution in [2.75, 3.05) is 0 Å². The molecule has 0 radical (unpaired) electrons. The fourth-order valence-corrected chi connectivity index (χ4v) is 2.04. The summed E-state index contributed by atoms with van der Waals surface area (Å²) in [6.45, 7) is 9.35. The van der Waals surface area contributed by atoms with Gasteiger partial charge in [0, 0.05) is 6.08 Å². The molecule has 0 amide bonds. The lowest BCUT2D eigenvalue weighted by atomic mass is 10.1. The van der Waals surface area contributed by atoms with Crippen molar-refractivity contribution >= 4 is 11.9 Å². The van der Waals surface area contributed by atoms with Gasteiger partial charge in [0.2, 0.25) is 0 Å². The molecule has 2 atom stereocenters. The summed E-state index contributed by atoms with van der Waals surface area (Å²) in [5.74, 6) is -1.52. The first-order chi connectivity index (χ1) is 7.55. The topological polar surface area (TPSA) is 63.6 Å². The molecule has 0 aliphatic heterocycles. The van der Waals surface area contributed by atoms with Crippen molar-refractivity contribution in [3.05, 3.63) is 12.2 Å². The molecule has 1 aliphatic rings. The monoisotopic (exact) mass is 240 g/mol. The van der Waals surface area contributed by atoms with Crippen LogP contribution in [0.2, 0.25) is 0 Å². The molecular weight excluding hydrogens is 220 g/mol. The third-order valence-electron chi connectivity index (χ3n) is 3.02. The molecule has 1 saturated carbocycles. The number of allylic oxidation sites excluding steroid dienone is 1. The predicted molar refractivity (Wildman–Crippen MR) is 63.4 cm³/mol. The molecule has 0 aromatic rings. The molecule has 4 heteroatoms. The van der Waals surface area contributed by atoms with Gasteiger partial charge in [0.15, 0.2) is 0 Å². The molecule has 0 unspecified atom stereocenters. The molecule has 0 aromatic carbocycles. The van der Waals surface area contributed by atoms with Crippen molar-refractivity contribution in [2.45, 2.75) is 40.2 Å². The Kier molecular flexibility index (Phi) is 3.37. The number of ether oxygens (including phenoxy) is 1. The Labute approximate surface area is 102 Å². The summed E-state index contributed by atoms with van der Waals surface area (Å²) in [7, 11) is 0. The number of carbonyl (C=O) groups excluding carboxylic acids is 1. The lowest BCUT2D eigenvalue weighted by Gasteiger charge is -2.19. The quantitative estimate of drug-likeness (QED) is 0.607. The fraction of sp³-hybridized carbons (Fsp3) is 0.692. The second kappa shape index (κ2) is 4.17. The summed E-state index contributed by atoms with van der Waals surface area (Å²) < 4.78 is 5.31. The maximum atomic E-state index is 11.9. The first kappa shape index (κ1) is 13.7. The van der Waals surface area contributed by atoms with Crippen LogP contribution in [0.25, 0.3) is 0 Å². The van der Waals surface area contributed by atoms with Gasteiger partial charge in [-0.1, -0.05) is 19.9 Å². The molecular formula is C13H20O4. The molecule has 4 nitrogen and oxygen atoms in total. The van der Waals surface area contributed by atoms with Crippen LogP contribution in [0.1, 0.15) is 34.6 Å². The Morgan fingerprint density at radius 3 is 2.24 bits per heavy atom. The third kappa shape index (κ3) is 3.32. The van der Waals surface area contributed by atoms with Crippen LogP contribution in [-0.4, -0.2) is 22.6 Å². The minimum atomic E-state index is -0.990. The van der Waals surface area contributed by atoms with Gasteiger partial charge in [0.1, 0.15) is 5.60 Å². The van der Waals surface area contributed by atoms with E-state index in [1.807, 2.05) is 34.6 Å². The third-order valence-corrected chi connectivity index (χ3v) is 3.02. The number of esters is 1. The first-order valence-electron chi connectivity index (χ1n) is 5.69. The van der Waals surface area contributed by atoms with Gasteiger partial charge in [0.05, 0.1) is 5.92 Å². The molecule has 1 fully saturated rings. The number of hydrogen-bond donors (Lipinski definition) is 1.